The molecule has 2 aliphatic rings. The van der Waals surface area contributed by atoms with E-state index in [0.29, 0.717) is 5.57 Å². The minimum Gasteiger partial charge on any atom is -0.507 e. The summed E-state index contributed by atoms with van der Waals surface area (Å²) in [5, 5.41) is 21.7. The number of primary amides is 1. The Labute approximate surface area is 174 Å². The molecule has 0 saturated heterocycles. The van der Waals surface area contributed by atoms with E-state index >= 15 is 0 Å². The van der Waals surface area contributed by atoms with Crippen LogP contribution in [0.25, 0.3) is 0 Å². The molecule has 1 aliphatic carbocycles. The number of ketones is 2. The molecule has 0 bridgehead atoms. The highest BCUT2D eigenvalue weighted by Gasteiger charge is 2.52. The van der Waals surface area contributed by atoms with E-state index in [0.717, 1.165) is 0 Å². The van der Waals surface area contributed by atoms with Gasteiger partial charge in [0, 0.05) is 22.3 Å². The number of methoxy groups -OCH3 is 1. The maximum atomic E-state index is 13.0. The Morgan fingerprint density at radius 2 is 2.03 bits per heavy atom. The third-order valence-electron chi connectivity index (χ3n) is 6.23. The van der Waals surface area contributed by atoms with Gasteiger partial charge in [0.25, 0.3) is 0 Å². The average molecular weight is 415 g/mol. The van der Waals surface area contributed by atoms with E-state index in [9.17, 15) is 24.6 Å². The summed E-state index contributed by atoms with van der Waals surface area (Å²) >= 11 is 0. The van der Waals surface area contributed by atoms with Crippen molar-refractivity contribution in [1.82, 2.24) is 0 Å². The number of hydrogen-bond donors (Lipinski definition) is 3. The number of carbonyl (C=O) groups excluding carboxylic acids is 3. The van der Waals surface area contributed by atoms with E-state index in [1.165, 1.54) is 26.2 Å². The number of hydrogen-bond acceptors (Lipinski definition) is 7. The van der Waals surface area contributed by atoms with Gasteiger partial charge in [-0.1, -0.05) is 6.08 Å². The molecule has 0 saturated carbocycles. The van der Waals surface area contributed by atoms with Gasteiger partial charge in [-0.2, -0.15) is 0 Å². The van der Waals surface area contributed by atoms with Crippen LogP contribution in [0, 0.1) is 0 Å². The molecule has 1 amide bonds. The average Bonchev–Trinajstić information content (AvgIpc) is 2.96. The summed E-state index contributed by atoms with van der Waals surface area (Å²) in [5.74, 6) is -1.81. The second-order valence-corrected chi connectivity index (χ2v) is 7.88. The molecule has 160 valence electrons. The summed E-state index contributed by atoms with van der Waals surface area (Å²) in [7, 11) is 1.30. The van der Waals surface area contributed by atoms with Crippen LogP contribution in [0.5, 0.6) is 11.5 Å². The van der Waals surface area contributed by atoms with E-state index < -0.39 is 35.1 Å². The van der Waals surface area contributed by atoms with Crippen LogP contribution in [0.3, 0.4) is 0 Å². The van der Waals surface area contributed by atoms with Gasteiger partial charge >= 0.3 is 0 Å². The predicted octanol–water partition coefficient (Wildman–Crippen LogP) is 1.91. The van der Waals surface area contributed by atoms with Gasteiger partial charge in [0.15, 0.2) is 11.5 Å². The summed E-state index contributed by atoms with van der Waals surface area (Å²) in [4.78, 5) is 37.0. The molecule has 0 spiro atoms. The molecule has 4 N–H and O–H groups in total. The smallest absolute Gasteiger partial charge is 0.244 e. The third kappa shape index (κ3) is 2.90. The second-order valence-electron chi connectivity index (χ2n) is 7.88. The number of Topliss-reactive ketones (excluding diaryl/α,β-unsaturated/α-hetero) is 2. The molecule has 1 aromatic rings. The first-order chi connectivity index (χ1) is 14.0. The van der Waals surface area contributed by atoms with Crippen LogP contribution in [0.15, 0.2) is 29.0 Å². The zero-order valence-electron chi connectivity index (χ0n) is 17.5. The van der Waals surface area contributed by atoms with E-state index in [4.69, 9.17) is 15.2 Å². The molecule has 8 nitrogen and oxygen atoms in total. The Morgan fingerprint density at radius 3 is 2.60 bits per heavy atom. The Hall–Kier alpha value is -3.13. The fraction of sp³-hybridized carbons (Fsp3) is 0.409. The molecule has 0 radical (unpaired) electrons. The van der Waals surface area contributed by atoms with Gasteiger partial charge in [0.1, 0.15) is 17.6 Å². The zero-order valence-corrected chi connectivity index (χ0v) is 17.5. The van der Waals surface area contributed by atoms with Gasteiger partial charge in [-0.15, -0.1) is 0 Å². The lowest BCUT2D eigenvalue weighted by Crippen LogP contribution is -2.44. The van der Waals surface area contributed by atoms with Gasteiger partial charge in [-0.05, 0) is 40.2 Å². The Kier molecular flexibility index (Phi) is 5.24. The van der Waals surface area contributed by atoms with E-state index in [1.54, 1.807) is 20.8 Å². The van der Waals surface area contributed by atoms with Crippen molar-refractivity contribution in [2.24, 2.45) is 5.73 Å². The fourth-order valence-corrected chi connectivity index (χ4v) is 4.09. The van der Waals surface area contributed by atoms with Crippen molar-refractivity contribution in [3.63, 3.8) is 0 Å². The van der Waals surface area contributed by atoms with Crippen molar-refractivity contribution in [2.45, 2.75) is 51.7 Å². The van der Waals surface area contributed by atoms with Crippen molar-refractivity contribution in [2.75, 3.05) is 7.11 Å². The molecular weight excluding hydrogens is 390 g/mol. The quantitative estimate of drug-likeness (QED) is 0.625. The highest BCUT2D eigenvalue weighted by atomic mass is 16.5. The number of rotatable bonds is 5. The van der Waals surface area contributed by atoms with Gasteiger partial charge < -0.3 is 25.4 Å². The molecule has 3 atom stereocenters. The molecule has 8 heteroatoms. The number of benzene rings is 1. The summed E-state index contributed by atoms with van der Waals surface area (Å²) in [6.07, 6.45) is -0.0925. The first-order valence-electron chi connectivity index (χ1n) is 9.52. The third-order valence-corrected chi connectivity index (χ3v) is 6.23. The first-order valence-corrected chi connectivity index (χ1v) is 9.52. The van der Waals surface area contributed by atoms with Crippen molar-refractivity contribution < 1.29 is 34.1 Å². The lowest BCUT2D eigenvalue weighted by molar-refractivity contribution is -0.114. The minimum absolute atomic E-state index is 0.00546. The molecule has 3 unspecified atom stereocenters. The molecule has 1 aliphatic heterocycles. The van der Waals surface area contributed by atoms with Crippen molar-refractivity contribution in [1.29, 1.82) is 0 Å². The number of nitrogens with two attached hydrogens (primary N) is 1. The number of amides is 1. The summed E-state index contributed by atoms with van der Waals surface area (Å²) in [5.41, 5.74) is 4.88. The molecule has 0 fully saturated rings. The van der Waals surface area contributed by atoms with Crippen LogP contribution >= 0.6 is 0 Å². The number of aliphatic hydroxyl groups excluding tert-OH is 1. The number of phenolic OH excluding ortho intramolecular Hbond substituents is 1. The summed E-state index contributed by atoms with van der Waals surface area (Å²) in [6.45, 7) is 6.44. The highest BCUT2D eigenvalue weighted by Crippen LogP contribution is 2.53. The largest absolute Gasteiger partial charge is 0.507 e. The SMILES string of the molecule is COC1=C(C)C(=O)c2c(cc(O)c3c2OC(C)C3(C)C(O)CC=C(C)C(N)=O)C1=O. The molecule has 1 aromatic carbocycles. The monoisotopic (exact) mass is 415 g/mol. The Morgan fingerprint density at radius 1 is 1.40 bits per heavy atom. The highest BCUT2D eigenvalue weighted by molar-refractivity contribution is 6.27. The molecule has 30 heavy (non-hydrogen) atoms. The predicted molar refractivity (Wildman–Crippen MR) is 107 cm³/mol. The molecule has 0 aromatic heterocycles. The van der Waals surface area contributed by atoms with Gasteiger partial charge in [0.05, 0.1) is 24.2 Å². The number of aliphatic hydroxyl groups is 1. The van der Waals surface area contributed by atoms with E-state index in [1.807, 2.05) is 0 Å². The van der Waals surface area contributed by atoms with Crippen molar-refractivity contribution in [3.05, 3.63) is 45.7 Å². The normalized spacial score (nSPS) is 24.3. The van der Waals surface area contributed by atoms with Gasteiger partial charge in [-0.3, -0.25) is 14.4 Å². The number of ether oxygens (including phenoxy) is 2. The molecule has 1 heterocycles. The second kappa shape index (κ2) is 7.28. The van der Waals surface area contributed by atoms with Crippen molar-refractivity contribution >= 4 is 17.5 Å². The van der Waals surface area contributed by atoms with Crippen molar-refractivity contribution in [3.8, 4) is 11.5 Å². The number of phenols is 1. The summed E-state index contributed by atoms with van der Waals surface area (Å²) < 4.78 is 11.0. The maximum absolute atomic E-state index is 13.0. The Balaban J connectivity index is 2.16. The van der Waals surface area contributed by atoms with Gasteiger partial charge in [0.2, 0.25) is 11.7 Å². The van der Waals surface area contributed by atoms with Crippen LogP contribution in [0.2, 0.25) is 0 Å². The van der Waals surface area contributed by atoms with E-state index in [-0.39, 0.29) is 45.9 Å². The number of allylic oxidation sites excluding steroid dienone is 2. The Bertz CT molecular complexity index is 1040. The maximum Gasteiger partial charge on any atom is 0.244 e. The number of aromatic hydroxyl groups is 1. The topological polar surface area (TPSA) is 136 Å². The fourth-order valence-electron chi connectivity index (χ4n) is 4.09. The minimum atomic E-state index is -1.11. The first kappa shape index (κ1) is 21.6. The van der Waals surface area contributed by atoms with E-state index in [2.05, 4.69) is 0 Å². The van der Waals surface area contributed by atoms with Crippen LogP contribution < -0.4 is 10.5 Å². The van der Waals surface area contributed by atoms with Crippen LogP contribution in [0.1, 0.15) is 60.4 Å². The van der Waals surface area contributed by atoms with Crippen LogP contribution in [0.4, 0.5) is 0 Å². The lowest BCUT2D eigenvalue weighted by Gasteiger charge is -2.33. The lowest BCUT2D eigenvalue weighted by atomic mass is 9.71. The zero-order chi connectivity index (χ0) is 22.5. The molecule has 3 rings (SSSR count). The van der Waals surface area contributed by atoms with Crippen LogP contribution in [-0.4, -0.2) is 47.0 Å². The number of carbonyl (C=O) groups is 3. The van der Waals surface area contributed by atoms with Crippen LogP contribution in [-0.2, 0) is 14.9 Å². The number of fused-ring (bicyclic) bond motifs is 3. The van der Waals surface area contributed by atoms with Gasteiger partial charge in [-0.25, -0.2) is 0 Å². The molecular formula is C22H25NO7. The standard InChI is InChI=1S/C22H25NO7/c1-9(21(23)28)6-7-14(25)22(4)11(3)30-20-15-12(8-13(24)16(20)22)18(27)19(29-5)10(2)17(15)26/h6,8,11,14,24-25H,7H2,1-5H3,(H2,23,28). The summed E-state index contributed by atoms with van der Waals surface area (Å²) in [6, 6.07) is 1.22.